The van der Waals surface area contributed by atoms with Crippen molar-refractivity contribution < 1.29 is 13.2 Å². The number of hydrogen-bond donors (Lipinski definition) is 1. The number of rotatable bonds is 8. The van der Waals surface area contributed by atoms with E-state index in [-0.39, 0.29) is 17.3 Å². The van der Waals surface area contributed by atoms with Crippen molar-refractivity contribution in [2.24, 2.45) is 0 Å². The van der Waals surface area contributed by atoms with Gasteiger partial charge in [0.15, 0.2) is 0 Å². The molecule has 0 fully saturated rings. The summed E-state index contributed by atoms with van der Waals surface area (Å²) < 4.78 is 27.4. The zero-order chi connectivity index (χ0) is 21.6. The van der Waals surface area contributed by atoms with Crippen LogP contribution < -0.4 is 9.62 Å². The smallest absolute Gasteiger partial charge is 0.264 e. The Bertz CT molecular complexity index is 1130. The number of amides is 1. The molecule has 0 atom stereocenters. The third-order valence-corrected chi connectivity index (χ3v) is 7.00. The van der Waals surface area contributed by atoms with Crippen LogP contribution in [0.15, 0.2) is 101 Å². The summed E-state index contributed by atoms with van der Waals surface area (Å²) in [5.41, 5.74) is 1.63. The number of benzene rings is 3. The van der Waals surface area contributed by atoms with Crippen molar-refractivity contribution in [3.8, 4) is 0 Å². The van der Waals surface area contributed by atoms with Gasteiger partial charge >= 0.3 is 0 Å². The monoisotopic (exact) mass is 438 g/mol. The van der Waals surface area contributed by atoms with Gasteiger partial charge in [-0.3, -0.25) is 9.10 Å². The van der Waals surface area contributed by atoms with Gasteiger partial charge in [0.25, 0.3) is 15.9 Å². The van der Waals surface area contributed by atoms with Crippen LogP contribution in [-0.2, 0) is 10.0 Å². The Labute approximate surface area is 181 Å². The molecule has 5 nitrogen and oxygen atoms in total. The largest absolute Gasteiger partial charge is 0.321 e. The van der Waals surface area contributed by atoms with E-state index in [1.807, 2.05) is 30.5 Å². The van der Waals surface area contributed by atoms with Crippen LogP contribution in [0.4, 0.5) is 11.4 Å². The molecule has 0 radical (unpaired) electrons. The molecule has 154 valence electrons. The first-order valence-electron chi connectivity index (χ1n) is 9.20. The molecule has 0 heterocycles. The van der Waals surface area contributed by atoms with Gasteiger partial charge in [-0.15, -0.1) is 18.3 Å². The molecule has 0 aromatic heterocycles. The molecule has 30 heavy (non-hydrogen) atoms. The minimum absolute atomic E-state index is 0.115. The van der Waals surface area contributed by atoms with E-state index in [2.05, 4.69) is 11.9 Å². The molecule has 0 aliphatic heterocycles. The van der Waals surface area contributed by atoms with Gasteiger partial charge in [-0.2, -0.15) is 0 Å². The Morgan fingerprint density at radius 2 is 1.63 bits per heavy atom. The summed E-state index contributed by atoms with van der Waals surface area (Å²) in [7, 11) is -3.75. The molecular weight excluding hydrogens is 416 g/mol. The second-order valence-corrected chi connectivity index (χ2v) is 9.05. The van der Waals surface area contributed by atoms with Crippen molar-refractivity contribution in [1.82, 2.24) is 0 Å². The number of nitrogens with zero attached hydrogens (tertiary/aromatic N) is 1. The van der Waals surface area contributed by atoms with Crippen LogP contribution in [0.2, 0.25) is 0 Å². The number of thioether (sulfide) groups is 1. The summed E-state index contributed by atoms with van der Waals surface area (Å²) in [4.78, 5) is 13.8. The molecule has 1 N–H and O–H groups in total. The second-order valence-electron chi connectivity index (χ2n) is 6.34. The maximum absolute atomic E-state index is 13.0. The van der Waals surface area contributed by atoms with E-state index in [9.17, 15) is 13.2 Å². The molecule has 0 aliphatic rings. The molecule has 3 rings (SSSR count). The lowest BCUT2D eigenvalue weighted by Crippen LogP contribution is -2.31. The first-order chi connectivity index (χ1) is 14.5. The van der Waals surface area contributed by atoms with Gasteiger partial charge < -0.3 is 5.32 Å². The molecule has 0 saturated carbocycles. The minimum atomic E-state index is -3.75. The molecule has 0 unspecified atom stereocenters. The third-order valence-electron chi connectivity index (χ3n) is 4.40. The van der Waals surface area contributed by atoms with E-state index in [0.717, 1.165) is 10.6 Å². The van der Waals surface area contributed by atoms with E-state index < -0.39 is 10.0 Å². The van der Waals surface area contributed by atoms with Gasteiger partial charge in [-0.25, -0.2) is 8.42 Å². The predicted octanol–water partition coefficient (Wildman–Crippen LogP) is 5.04. The minimum Gasteiger partial charge on any atom is -0.321 e. The average Bonchev–Trinajstić information content (AvgIpc) is 2.78. The highest BCUT2D eigenvalue weighted by Gasteiger charge is 2.24. The molecule has 0 bridgehead atoms. The summed E-state index contributed by atoms with van der Waals surface area (Å²) in [6.45, 7) is 3.78. The van der Waals surface area contributed by atoms with E-state index in [1.165, 1.54) is 10.4 Å². The van der Waals surface area contributed by atoms with Crippen molar-refractivity contribution in [2.75, 3.05) is 22.4 Å². The number of para-hydroxylation sites is 1. The maximum Gasteiger partial charge on any atom is 0.264 e. The fourth-order valence-electron chi connectivity index (χ4n) is 2.90. The molecule has 0 spiro atoms. The van der Waals surface area contributed by atoms with Crippen molar-refractivity contribution in [3.05, 3.63) is 97.1 Å². The normalized spacial score (nSPS) is 11.0. The van der Waals surface area contributed by atoms with Gasteiger partial charge in [-0.1, -0.05) is 36.4 Å². The van der Waals surface area contributed by atoms with Crippen LogP contribution >= 0.6 is 11.8 Å². The zero-order valence-corrected chi connectivity index (χ0v) is 18.1. The van der Waals surface area contributed by atoms with Gasteiger partial charge in [0.2, 0.25) is 0 Å². The lowest BCUT2D eigenvalue weighted by Gasteiger charge is -2.23. The first kappa shape index (κ1) is 21.7. The van der Waals surface area contributed by atoms with E-state index >= 15 is 0 Å². The lowest BCUT2D eigenvalue weighted by atomic mass is 10.2. The molecular formula is C23H22N2O3S2. The van der Waals surface area contributed by atoms with Gasteiger partial charge in [0.05, 0.1) is 22.8 Å². The van der Waals surface area contributed by atoms with E-state index in [0.29, 0.717) is 11.3 Å². The highest BCUT2D eigenvalue weighted by Crippen LogP contribution is 2.26. The van der Waals surface area contributed by atoms with Crippen LogP contribution in [0.3, 0.4) is 0 Å². The summed E-state index contributed by atoms with van der Waals surface area (Å²) in [5.74, 6) is -0.260. The Kier molecular flexibility index (Phi) is 6.97. The van der Waals surface area contributed by atoms with Gasteiger partial charge in [0, 0.05) is 10.5 Å². The van der Waals surface area contributed by atoms with Crippen molar-refractivity contribution in [2.45, 2.75) is 9.79 Å². The van der Waals surface area contributed by atoms with Crippen molar-refractivity contribution in [3.63, 3.8) is 0 Å². The molecule has 0 saturated heterocycles. The first-order valence-corrected chi connectivity index (χ1v) is 11.9. The third kappa shape index (κ3) is 4.75. The summed E-state index contributed by atoms with van der Waals surface area (Å²) in [5, 5.41) is 2.90. The SMILES string of the molecule is C=CCN(c1ccc(C(=O)Nc2ccccc2SC)cc1)S(=O)(=O)c1ccccc1. The molecule has 7 heteroatoms. The summed E-state index contributed by atoms with van der Waals surface area (Å²) in [6.07, 6.45) is 3.47. The van der Waals surface area contributed by atoms with Gasteiger partial charge in [-0.05, 0) is 54.8 Å². The van der Waals surface area contributed by atoms with Crippen molar-refractivity contribution >= 4 is 39.1 Å². The number of carbonyl (C=O) groups excluding carboxylic acids is 1. The second kappa shape index (κ2) is 9.65. The molecule has 0 aliphatic carbocycles. The molecule has 1 amide bonds. The Morgan fingerprint density at radius 3 is 2.27 bits per heavy atom. The summed E-state index contributed by atoms with van der Waals surface area (Å²) in [6, 6.07) is 22.3. The van der Waals surface area contributed by atoms with E-state index in [4.69, 9.17) is 0 Å². The quantitative estimate of drug-likeness (QED) is 0.395. The number of hydrogen-bond acceptors (Lipinski definition) is 4. The standard InChI is InChI=1S/C23H22N2O3S2/c1-3-17-25(30(27,28)20-9-5-4-6-10-20)19-15-13-18(14-16-19)23(26)24-21-11-7-8-12-22(21)29-2/h3-16H,1,17H2,2H3,(H,24,26). The lowest BCUT2D eigenvalue weighted by molar-refractivity contribution is 0.102. The summed E-state index contributed by atoms with van der Waals surface area (Å²) >= 11 is 1.55. The fraction of sp³-hybridized carbons (Fsp3) is 0.0870. The molecule has 3 aromatic rings. The number of carbonyl (C=O) groups is 1. The van der Waals surface area contributed by atoms with Crippen LogP contribution in [0.5, 0.6) is 0 Å². The number of nitrogens with one attached hydrogen (secondary N) is 1. The maximum atomic E-state index is 13.0. The zero-order valence-electron chi connectivity index (χ0n) is 16.5. The average molecular weight is 439 g/mol. The van der Waals surface area contributed by atoms with Crippen LogP contribution in [0, 0.1) is 0 Å². The van der Waals surface area contributed by atoms with Crippen LogP contribution in [-0.4, -0.2) is 27.1 Å². The highest BCUT2D eigenvalue weighted by atomic mass is 32.2. The fourth-order valence-corrected chi connectivity index (χ4v) is 4.91. The van der Waals surface area contributed by atoms with Crippen LogP contribution in [0.25, 0.3) is 0 Å². The Balaban J connectivity index is 1.85. The van der Waals surface area contributed by atoms with Gasteiger partial charge in [0.1, 0.15) is 0 Å². The number of sulfonamides is 1. The topological polar surface area (TPSA) is 66.5 Å². The Hall–Kier alpha value is -3.03. The molecule has 3 aromatic carbocycles. The van der Waals surface area contributed by atoms with Crippen LogP contribution in [0.1, 0.15) is 10.4 Å². The highest BCUT2D eigenvalue weighted by molar-refractivity contribution is 7.98. The van der Waals surface area contributed by atoms with E-state index in [1.54, 1.807) is 66.4 Å². The predicted molar refractivity (Wildman–Crippen MR) is 124 cm³/mol. The number of anilines is 2. The Morgan fingerprint density at radius 1 is 1.00 bits per heavy atom. The van der Waals surface area contributed by atoms with Crippen molar-refractivity contribution in [1.29, 1.82) is 0 Å².